The number of carbonyl (C=O) groups is 1. The Morgan fingerprint density at radius 1 is 1.29 bits per heavy atom. The molecule has 0 aromatic carbocycles. The van der Waals surface area contributed by atoms with Crippen LogP contribution < -0.4 is 0 Å². The van der Waals surface area contributed by atoms with Crippen LogP contribution in [0.5, 0.6) is 0 Å². The van der Waals surface area contributed by atoms with Crippen molar-refractivity contribution in [2.45, 2.75) is 58.7 Å². The maximum atomic E-state index is 13.6. The molecule has 4 rings (SSSR count). The number of carbonyl (C=O) groups excluding carboxylic acids is 1. The third-order valence-electron chi connectivity index (χ3n) is 6.73. The number of piperidine rings is 2. The summed E-state index contributed by atoms with van der Waals surface area (Å²) in [6.45, 7) is 7.18. The molecule has 2 atom stereocenters. The van der Waals surface area contributed by atoms with Gasteiger partial charge in [-0.15, -0.1) is 0 Å². The molecule has 8 heteroatoms. The molecular formula is C20H29ClN6O. The molecule has 0 unspecified atom stereocenters. The molecule has 2 aliphatic heterocycles. The Kier molecular flexibility index (Phi) is 5.22. The third-order valence-corrected chi connectivity index (χ3v) is 7.23. The number of likely N-dealkylation sites (tertiary alicyclic amines) is 2. The molecule has 4 heterocycles. The summed E-state index contributed by atoms with van der Waals surface area (Å²) in [5, 5.41) is 8.04. The summed E-state index contributed by atoms with van der Waals surface area (Å²) in [4.78, 5) is 22.4. The summed E-state index contributed by atoms with van der Waals surface area (Å²) in [6.07, 6.45) is 7.69. The number of imidazole rings is 1. The minimum atomic E-state index is -0.320. The van der Waals surface area contributed by atoms with E-state index in [1.807, 2.05) is 29.6 Å². The van der Waals surface area contributed by atoms with E-state index in [4.69, 9.17) is 11.6 Å². The monoisotopic (exact) mass is 404 g/mol. The van der Waals surface area contributed by atoms with Gasteiger partial charge in [-0.25, -0.2) is 4.98 Å². The van der Waals surface area contributed by atoms with Gasteiger partial charge in [0.05, 0.1) is 28.4 Å². The minimum absolute atomic E-state index is 0.158. The largest absolute Gasteiger partial charge is 0.337 e. The van der Waals surface area contributed by atoms with Gasteiger partial charge in [-0.2, -0.15) is 5.10 Å². The van der Waals surface area contributed by atoms with Crippen molar-refractivity contribution in [1.82, 2.24) is 29.5 Å². The first-order chi connectivity index (χ1) is 13.4. The van der Waals surface area contributed by atoms with Crippen LogP contribution in [0.25, 0.3) is 0 Å². The Morgan fingerprint density at radius 3 is 2.68 bits per heavy atom. The second kappa shape index (κ2) is 7.52. The van der Waals surface area contributed by atoms with Crippen molar-refractivity contribution in [3.63, 3.8) is 0 Å². The molecule has 0 saturated carbocycles. The third kappa shape index (κ3) is 3.24. The van der Waals surface area contributed by atoms with Gasteiger partial charge in [0.2, 0.25) is 5.91 Å². The number of hydrogen-bond acceptors (Lipinski definition) is 4. The summed E-state index contributed by atoms with van der Waals surface area (Å²) in [5.41, 5.74) is 1.45. The Balaban J connectivity index is 1.54. The summed E-state index contributed by atoms with van der Waals surface area (Å²) < 4.78 is 1.99. The molecule has 2 aromatic heterocycles. The van der Waals surface area contributed by atoms with E-state index in [1.165, 1.54) is 0 Å². The van der Waals surface area contributed by atoms with E-state index in [2.05, 4.69) is 27.0 Å². The number of hydrogen-bond donors (Lipinski definition) is 1. The molecule has 1 amide bonds. The topological polar surface area (TPSA) is 70.1 Å². The van der Waals surface area contributed by atoms with Crippen molar-refractivity contribution < 1.29 is 4.79 Å². The maximum Gasteiger partial charge on any atom is 0.230 e. The van der Waals surface area contributed by atoms with Crippen molar-refractivity contribution in [2.24, 2.45) is 12.5 Å². The highest BCUT2D eigenvalue weighted by molar-refractivity contribution is 6.31. The molecule has 2 saturated heterocycles. The zero-order valence-electron chi connectivity index (χ0n) is 16.9. The van der Waals surface area contributed by atoms with Crippen molar-refractivity contribution in [3.8, 4) is 0 Å². The number of aromatic nitrogens is 4. The molecule has 2 aliphatic rings. The summed E-state index contributed by atoms with van der Waals surface area (Å²) in [5.74, 6) is 1.22. The first-order valence-corrected chi connectivity index (χ1v) is 10.5. The maximum absolute atomic E-state index is 13.6. The van der Waals surface area contributed by atoms with Crippen LogP contribution in [-0.2, 0) is 24.9 Å². The van der Waals surface area contributed by atoms with E-state index >= 15 is 0 Å². The van der Waals surface area contributed by atoms with E-state index in [9.17, 15) is 4.79 Å². The van der Waals surface area contributed by atoms with E-state index in [0.29, 0.717) is 18.1 Å². The molecule has 0 aliphatic carbocycles. The number of rotatable bonds is 4. The van der Waals surface area contributed by atoms with Crippen LogP contribution in [0.4, 0.5) is 0 Å². The predicted molar refractivity (Wildman–Crippen MR) is 108 cm³/mol. The van der Waals surface area contributed by atoms with Crippen molar-refractivity contribution in [2.75, 3.05) is 13.1 Å². The average molecular weight is 405 g/mol. The van der Waals surface area contributed by atoms with E-state index in [1.54, 1.807) is 6.20 Å². The zero-order valence-corrected chi connectivity index (χ0v) is 17.7. The highest BCUT2D eigenvalue weighted by Crippen LogP contribution is 2.45. The van der Waals surface area contributed by atoms with Crippen LogP contribution in [0.1, 0.15) is 49.8 Å². The fourth-order valence-corrected chi connectivity index (χ4v) is 5.07. The predicted octanol–water partition coefficient (Wildman–Crippen LogP) is 2.90. The van der Waals surface area contributed by atoms with Gasteiger partial charge in [0.1, 0.15) is 5.82 Å². The van der Waals surface area contributed by atoms with Crippen LogP contribution in [0.2, 0.25) is 5.02 Å². The van der Waals surface area contributed by atoms with Crippen LogP contribution in [0.15, 0.2) is 12.4 Å². The first kappa shape index (κ1) is 19.5. The number of aromatic amines is 1. The summed E-state index contributed by atoms with van der Waals surface area (Å²) in [7, 11) is 1.98. The number of nitrogens with one attached hydrogen (secondary N) is 1. The van der Waals surface area contributed by atoms with Gasteiger partial charge >= 0.3 is 0 Å². The second-order valence-electron chi connectivity index (χ2n) is 8.30. The zero-order chi connectivity index (χ0) is 19.9. The van der Waals surface area contributed by atoms with E-state index in [0.717, 1.165) is 56.0 Å². The lowest BCUT2D eigenvalue weighted by atomic mass is 9.67. The molecule has 0 radical (unpaired) electrons. The van der Waals surface area contributed by atoms with E-state index < -0.39 is 0 Å². The molecule has 1 N–H and O–H groups in total. The number of aryl methyl sites for hydroxylation is 2. The SMILES string of the molecule is Cc1[nH]nc(CN2CCC[C@@]3(CCCN(Cc4nccn4C)C3=O)[C@@H]2C)c1Cl. The van der Waals surface area contributed by atoms with Gasteiger partial charge < -0.3 is 9.47 Å². The van der Waals surface area contributed by atoms with Crippen molar-refractivity contribution >= 4 is 17.5 Å². The number of halogens is 1. The lowest BCUT2D eigenvalue weighted by Crippen LogP contribution is -2.60. The fraction of sp³-hybridized carbons (Fsp3) is 0.650. The molecule has 28 heavy (non-hydrogen) atoms. The number of H-pyrrole nitrogens is 1. The van der Waals surface area contributed by atoms with Gasteiger partial charge in [0.15, 0.2) is 0 Å². The lowest BCUT2D eigenvalue weighted by Gasteiger charge is -2.51. The highest BCUT2D eigenvalue weighted by Gasteiger charge is 2.51. The smallest absolute Gasteiger partial charge is 0.230 e. The molecular weight excluding hydrogens is 376 g/mol. The van der Waals surface area contributed by atoms with Crippen molar-refractivity contribution in [3.05, 3.63) is 34.6 Å². The number of nitrogens with zero attached hydrogens (tertiary/aromatic N) is 5. The molecule has 152 valence electrons. The lowest BCUT2D eigenvalue weighted by molar-refractivity contribution is -0.156. The van der Waals surface area contributed by atoms with Gasteiger partial charge in [0, 0.05) is 38.6 Å². The quantitative estimate of drug-likeness (QED) is 0.850. The first-order valence-electron chi connectivity index (χ1n) is 10.1. The Hall–Kier alpha value is -1.86. The van der Waals surface area contributed by atoms with Crippen LogP contribution in [0.3, 0.4) is 0 Å². The van der Waals surface area contributed by atoms with Gasteiger partial charge in [-0.05, 0) is 46.1 Å². The molecule has 2 aromatic rings. The highest BCUT2D eigenvalue weighted by atomic mass is 35.5. The molecule has 7 nitrogen and oxygen atoms in total. The molecule has 2 fully saturated rings. The molecule has 0 bridgehead atoms. The van der Waals surface area contributed by atoms with Gasteiger partial charge in [-0.1, -0.05) is 11.6 Å². The standard InChI is InChI=1S/C20H29ClN6O/c1-14-18(21)16(24-23-14)12-26-9-4-6-20(15(26)2)7-5-10-27(19(20)28)13-17-22-8-11-25(17)3/h8,11,15H,4-7,9-10,12-13H2,1-3H3,(H,23,24)/t15-,20+/m0/s1. The Labute approximate surface area is 171 Å². The minimum Gasteiger partial charge on any atom is -0.337 e. The number of amides is 1. The van der Waals surface area contributed by atoms with E-state index in [-0.39, 0.29) is 17.4 Å². The van der Waals surface area contributed by atoms with Gasteiger partial charge in [-0.3, -0.25) is 14.8 Å². The van der Waals surface area contributed by atoms with Crippen LogP contribution >= 0.6 is 11.6 Å². The Bertz CT molecular complexity index is 857. The summed E-state index contributed by atoms with van der Waals surface area (Å²) in [6, 6.07) is 0.158. The second-order valence-corrected chi connectivity index (χ2v) is 8.68. The molecule has 1 spiro atoms. The normalized spacial score (nSPS) is 26.4. The average Bonchev–Trinajstić information content (AvgIpc) is 3.22. The summed E-state index contributed by atoms with van der Waals surface area (Å²) >= 11 is 6.39. The van der Waals surface area contributed by atoms with Gasteiger partial charge in [0.25, 0.3) is 0 Å². The fourth-order valence-electron chi connectivity index (χ4n) is 4.93. The van der Waals surface area contributed by atoms with Crippen LogP contribution in [-0.4, -0.2) is 54.6 Å². The van der Waals surface area contributed by atoms with Crippen molar-refractivity contribution in [1.29, 1.82) is 0 Å². The van der Waals surface area contributed by atoms with Crippen LogP contribution in [0, 0.1) is 12.3 Å². The Morgan fingerprint density at radius 2 is 2.04 bits per heavy atom.